The second-order valence-corrected chi connectivity index (χ2v) is 4.87. The summed E-state index contributed by atoms with van der Waals surface area (Å²) in [6, 6.07) is 0.494. The van der Waals surface area contributed by atoms with Crippen molar-refractivity contribution in [2.24, 2.45) is 0 Å². The molecule has 1 atom stereocenters. The smallest absolute Gasteiger partial charge is 0.305 e. The first kappa shape index (κ1) is 15.3. The van der Waals surface area contributed by atoms with E-state index in [9.17, 15) is 28.8 Å². The van der Waals surface area contributed by atoms with Crippen LogP contribution in [0.1, 0.15) is 29.6 Å². The number of benzene rings is 1. The summed E-state index contributed by atoms with van der Waals surface area (Å²) >= 11 is 0. The molecule has 1 aromatic rings. The molecule has 1 amide bonds. The zero-order chi connectivity index (χ0) is 15.6. The van der Waals surface area contributed by atoms with Crippen molar-refractivity contribution in [3.63, 3.8) is 0 Å². The van der Waals surface area contributed by atoms with Crippen LogP contribution in [0.15, 0.2) is 12.1 Å². The van der Waals surface area contributed by atoms with Crippen LogP contribution >= 0.6 is 0 Å². The van der Waals surface area contributed by atoms with Gasteiger partial charge < -0.3 is 10.0 Å². The number of hydrogen-bond acceptors (Lipinski definition) is 4. The average Bonchev–Trinajstić information content (AvgIpc) is 2.46. The van der Waals surface area contributed by atoms with Gasteiger partial charge in [0.1, 0.15) is 5.82 Å². The molecule has 8 heteroatoms. The van der Waals surface area contributed by atoms with Crippen LogP contribution < -0.4 is 0 Å². The summed E-state index contributed by atoms with van der Waals surface area (Å²) in [5, 5.41) is 19.9. The number of rotatable bonds is 3. The molecule has 0 saturated carbocycles. The first-order valence-corrected chi connectivity index (χ1v) is 6.51. The molecule has 21 heavy (non-hydrogen) atoms. The van der Waals surface area contributed by atoms with Crippen molar-refractivity contribution in [2.75, 3.05) is 13.2 Å². The van der Waals surface area contributed by atoms with Gasteiger partial charge in [-0.15, -0.1) is 0 Å². The summed E-state index contributed by atoms with van der Waals surface area (Å²) in [5.74, 6) is -3.24. The molecule has 0 aliphatic carbocycles. The highest BCUT2D eigenvalue weighted by Gasteiger charge is 2.30. The zero-order valence-corrected chi connectivity index (χ0v) is 11.1. The Hall–Kier alpha value is -2.09. The van der Waals surface area contributed by atoms with E-state index in [4.69, 9.17) is 0 Å². The van der Waals surface area contributed by atoms with E-state index in [1.165, 1.54) is 4.90 Å². The van der Waals surface area contributed by atoms with Crippen molar-refractivity contribution in [1.29, 1.82) is 0 Å². The van der Waals surface area contributed by atoms with E-state index in [0.717, 1.165) is 6.42 Å². The van der Waals surface area contributed by atoms with Gasteiger partial charge in [-0.3, -0.25) is 14.9 Å². The Morgan fingerprint density at radius 3 is 2.71 bits per heavy atom. The molecule has 0 bridgehead atoms. The van der Waals surface area contributed by atoms with Crippen molar-refractivity contribution in [1.82, 2.24) is 4.90 Å². The summed E-state index contributed by atoms with van der Waals surface area (Å²) in [5.41, 5.74) is -1.50. The van der Waals surface area contributed by atoms with Gasteiger partial charge in [-0.2, -0.15) is 4.39 Å². The second kappa shape index (κ2) is 6.13. The number of carbonyl (C=O) groups is 1. The molecule has 1 aliphatic rings. The number of carbonyl (C=O) groups excluding carboxylic acids is 1. The number of amides is 1. The average molecular weight is 300 g/mol. The van der Waals surface area contributed by atoms with E-state index in [1.807, 2.05) is 0 Å². The number of halogens is 2. The molecule has 0 aromatic heterocycles. The fourth-order valence-corrected chi connectivity index (χ4v) is 2.45. The summed E-state index contributed by atoms with van der Waals surface area (Å²) in [7, 11) is 0. The fraction of sp³-hybridized carbons (Fsp3) is 0.462. The van der Waals surface area contributed by atoms with Crippen molar-refractivity contribution in [3.8, 4) is 0 Å². The Bertz CT molecular complexity index is 580. The maximum atomic E-state index is 13.8. The maximum Gasteiger partial charge on any atom is 0.305 e. The topological polar surface area (TPSA) is 83.7 Å². The van der Waals surface area contributed by atoms with E-state index in [0.29, 0.717) is 31.5 Å². The maximum absolute atomic E-state index is 13.8. The van der Waals surface area contributed by atoms with Crippen LogP contribution in [0.25, 0.3) is 0 Å². The highest BCUT2D eigenvalue weighted by atomic mass is 19.1. The largest absolute Gasteiger partial charge is 0.394 e. The van der Waals surface area contributed by atoms with Crippen LogP contribution in [0.3, 0.4) is 0 Å². The van der Waals surface area contributed by atoms with Crippen molar-refractivity contribution in [2.45, 2.75) is 25.3 Å². The quantitative estimate of drug-likeness (QED) is 0.682. The molecular weight excluding hydrogens is 286 g/mol. The number of aliphatic hydroxyl groups excluding tert-OH is 1. The predicted molar refractivity (Wildman–Crippen MR) is 68.8 cm³/mol. The van der Waals surface area contributed by atoms with Gasteiger partial charge in [0.25, 0.3) is 5.91 Å². The molecule has 1 aromatic carbocycles. The lowest BCUT2D eigenvalue weighted by Gasteiger charge is -2.34. The molecule has 0 spiro atoms. The highest BCUT2D eigenvalue weighted by Crippen LogP contribution is 2.25. The van der Waals surface area contributed by atoms with Crippen molar-refractivity contribution >= 4 is 11.6 Å². The zero-order valence-electron chi connectivity index (χ0n) is 11.1. The third-order valence-electron chi connectivity index (χ3n) is 3.56. The minimum atomic E-state index is -1.33. The van der Waals surface area contributed by atoms with Gasteiger partial charge in [-0.1, -0.05) is 0 Å². The van der Waals surface area contributed by atoms with Gasteiger partial charge in [0.05, 0.1) is 23.1 Å². The number of nitro groups is 1. The van der Waals surface area contributed by atoms with Gasteiger partial charge in [0.2, 0.25) is 5.82 Å². The van der Waals surface area contributed by atoms with E-state index in [1.54, 1.807) is 0 Å². The Balaban J connectivity index is 2.38. The molecule has 1 saturated heterocycles. The number of likely N-dealkylation sites (tertiary alicyclic amines) is 1. The van der Waals surface area contributed by atoms with Crippen LogP contribution in [0.5, 0.6) is 0 Å². The van der Waals surface area contributed by atoms with Crippen LogP contribution in [0.2, 0.25) is 0 Å². The normalized spacial score (nSPS) is 18.6. The van der Waals surface area contributed by atoms with E-state index in [-0.39, 0.29) is 6.61 Å². The van der Waals surface area contributed by atoms with Gasteiger partial charge >= 0.3 is 5.69 Å². The molecule has 1 N–H and O–H groups in total. The van der Waals surface area contributed by atoms with Crippen molar-refractivity contribution < 1.29 is 23.6 Å². The number of piperidine rings is 1. The third-order valence-corrected chi connectivity index (χ3v) is 3.56. The first-order valence-electron chi connectivity index (χ1n) is 6.51. The molecule has 1 aliphatic heterocycles. The van der Waals surface area contributed by atoms with Gasteiger partial charge in [0, 0.05) is 18.7 Å². The standard InChI is InChI=1S/C13H14F2N2O4/c14-10-6-11(15)12(17(20)21)5-9(10)13(19)16-4-2-1-3-8(16)7-18/h5-6,8,18H,1-4,7H2. The summed E-state index contributed by atoms with van der Waals surface area (Å²) in [4.78, 5) is 23.3. The molecule has 0 radical (unpaired) electrons. The Morgan fingerprint density at radius 1 is 1.38 bits per heavy atom. The van der Waals surface area contributed by atoms with Gasteiger partial charge in [0.15, 0.2) is 0 Å². The lowest BCUT2D eigenvalue weighted by atomic mass is 10.0. The number of hydrogen-bond donors (Lipinski definition) is 1. The van der Waals surface area contributed by atoms with Crippen molar-refractivity contribution in [3.05, 3.63) is 39.4 Å². The summed E-state index contributed by atoms with van der Waals surface area (Å²) in [6.45, 7) is 0.0608. The van der Waals surface area contributed by atoms with Crippen LogP contribution in [0, 0.1) is 21.7 Å². The molecule has 1 heterocycles. The minimum Gasteiger partial charge on any atom is -0.394 e. The number of aliphatic hydroxyl groups is 1. The van der Waals surface area contributed by atoms with E-state index >= 15 is 0 Å². The first-order chi connectivity index (χ1) is 9.95. The SMILES string of the molecule is O=C(c1cc([N+](=O)[O-])c(F)cc1F)N1CCCCC1CO. The molecule has 114 valence electrons. The van der Waals surface area contributed by atoms with Gasteiger partial charge in [-0.25, -0.2) is 4.39 Å². The molecule has 1 unspecified atom stereocenters. The van der Waals surface area contributed by atoms with Crippen LogP contribution in [-0.2, 0) is 0 Å². The Labute approximate surface area is 119 Å². The van der Waals surface area contributed by atoms with Crippen LogP contribution in [0.4, 0.5) is 14.5 Å². The summed E-state index contributed by atoms with van der Waals surface area (Å²) < 4.78 is 27.0. The van der Waals surface area contributed by atoms with E-state index in [2.05, 4.69) is 0 Å². The number of nitrogens with zero attached hydrogens (tertiary/aromatic N) is 2. The van der Waals surface area contributed by atoms with E-state index < -0.39 is 39.8 Å². The summed E-state index contributed by atoms with van der Waals surface area (Å²) in [6.07, 6.45) is 2.11. The molecule has 6 nitrogen and oxygen atoms in total. The highest BCUT2D eigenvalue weighted by molar-refractivity contribution is 5.95. The predicted octanol–water partition coefficient (Wildman–Crippen LogP) is 1.86. The molecular formula is C13H14F2N2O4. The minimum absolute atomic E-state index is 0.267. The number of nitro benzene ring substituents is 1. The molecule has 2 rings (SSSR count). The lowest BCUT2D eigenvalue weighted by molar-refractivity contribution is -0.387. The van der Waals surface area contributed by atoms with Crippen LogP contribution in [-0.4, -0.2) is 40.0 Å². The van der Waals surface area contributed by atoms with Gasteiger partial charge in [-0.05, 0) is 19.3 Å². The Kier molecular flexibility index (Phi) is 4.46. The monoisotopic (exact) mass is 300 g/mol. The Morgan fingerprint density at radius 2 is 2.10 bits per heavy atom. The third kappa shape index (κ3) is 2.99. The fourth-order valence-electron chi connectivity index (χ4n) is 2.45. The lowest BCUT2D eigenvalue weighted by Crippen LogP contribution is -2.45. The second-order valence-electron chi connectivity index (χ2n) is 4.87. The molecule has 1 fully saturated rings.